The van der Waals surface area contributed by atoms with E-state index in [-0.39, 0.29) is 11.9 Å². The Kier molecular flexibility index (Phi) is 6.41. The molecule has 5 nitrogen and oxygen atoms in total. The molecule has 1 amide bonds. The molecule has 0 unspecified atom stereocenters. The van der Waals surface area contributed by atoms with Crippen molar-refractivity contribution < 1.29 is 4.79 Å². The lowest BCUT2D eigenvalue weighted by Gasteiger charge is -2.40. The molecule has 1 aromatic heterocycles. The van der Waals surface area contributed by atoms with Crippen LogP contribution in [0.5, 0.6) is 0 Å². The van der Waals surface area contributed by atoms with Gasteiger partial charge in [0.1, 0.15) is 6.04 Å². The maximum Gasteiger partial charge on any atom is 0.223 e. The summed E-state index contributed by atoms with van der Waals surface area (Å²) in [7, 11) is 0. The van der Waals surface area contributed by atoms with Crippen LogP contribution in [0.2, 0.25) is 0 Å². The molecule has 5 heteroatoms. The van der Waals surface area contributed by atoms with Crippen LogP contribution in [0.25, 0.3) is 0 Å². The monoisotopic (exact) mass is 340 g/mol. The van der Waals surface area contributed by atoms with Gasteiger partial charge >= 0.3 is 0 Å². The van der Waals surface area contributed by atoms with E-state index in [0.717, 1.165) is 31.9 Å². The number of rotatable bonds is 5. The van der Waals surface area contributed by atoms with E-state index in [9.17, 15) is 10.1 Å². The highest BCUT2D eigenvalue weighted by atomic mass is 16.2. The lowest BCUT2D eigenvalue weighted by molar-refractivity contribution is -0.133. The molecule has 134 valence electrons. The Morgan fingerprint density at radius 2 is 1.96 bits per heavy atom. The summed E-state index contributed by atoms with van der Waals surface area (Å²) < 4.78 is 0. The molecule has 1 aromatic rings. The highest BCUT2D eigenvalue weighted by molar-refractivity contribution is 5.76. The summed E-state index contributed by atoms with van der Waals surface area (Å²) in [5, 5.41) is 9.64. The second-order valence-corrected chi connectivity index (χ2v) is 7.21. The number of aryl methyl sites for hydroxylation is 1. The Bertz CT molecular complexity index is 583. The first-order chi connectivity index (χ1) is 12.3. The van der Waals surface area contributed by atoms with Crippen LogP contribution in [0.15, 0.2) is 24.4 Å². The number of hydrogen-bond acceptors (Lipinski definition) is 4. The topological polar surface area (TPSA) is 60.2 Å². The van der Waals surface area contributed by atoms with E-state index in [1.807, 2.05) is 23.1 Å². The molecule has 2 heterocycles. The fourth-order valence-electron chi connectivity index (χ4n) is 4.12. The third kappa shape index (κ3) is 4.79. The van der Waals surface area contributed by atoms with Gasteiger partial charge in [0.15, 0.2) is 0 Å². The number of nitriles is 1. The van der Waals surface area contributed by atoms with Gasteiger partial charge in [-0.25, -0.2) is 0 Å². The predicted octanol–water partition coefficient (Wildman–Crippen LogP) is 2.63. The molecule has 2 fully saturated rings. The minimum atomic E-state index is 0.0334. The van der Waals surface area contributed by atoms with Crippen molar-refractivity contribution >= 4 is 5.91 Å². The summed E-state index contributed by atoms with van der Waals surface area (Å²) in [4.78, 5) is 21.0. The van der Waals surface area contributed by atoms with E-state index in [2.05, 4.69) is 16.0 Å². The SMILES string of the molecule is N#C[C@@H](C1CCCCC1)N1CCN(C(=O)CCc2ccccn2)CC1. The summed E-state index contributed by atoms with van der Waals surface area (Å²) in [6, 6.07) is 8.39. The van der Waals surface area contributed by atoms with Crippen molar-refractivity contribution in [2.24, 2.45) is 5.92 Å². The molecule has 2 aliphatic rings. The summed E-state index contributed by atoms with van der Waals surface area (Å²) in [6.45, 7) is 3.13. The van der Waals surface area contributed by atoms with Crippen LogP contribution in [-0.4, -0.2) is 52.9 Å². The largest absolute Gasteiger partial charge is 0.340 e. The summed E-state index contributed by atoms with van der Waals surface area (Å²) in [6.07, 6.45) is 9.18. The van der Waals surface area contributed by atoms with Crippen LogP contribution in [0, 0.1) is 17.2 Å². The molecule has 3 rings (SSSR count). The van der Waals surface area contributed by atoms with Crippen LogP contribution in [-0.2, 0) is 11.2 Å². The lowest BCUT2D eigenvalue weighted by atomic mass is 9.83. The molecule has 0 N–H and O–H groups in total. The lowest BCUT2D eigenvalue weighted by Crippen LogP contribution is -2.53. The van der Waals surface area contributed by atoms with Crippen molar-refractivity contribution in [3.05, 3.63) is 30.1 Å². The zero-order valence-electron chi connectivity index (χ0n) is 14.9. The first-order valence-corrected chi connectivity index (χ1v) is 9.59. The molecule has 0 bridgehead atoms. The number of pyridine rings is 1. The van der Waals surface area contributed by atoms with Crippen molar-refractivity contribution in [2.45, 2.75) is 51.0 Å². The molecule has 25 heavy (non-hydrogen) atoms. The van der Waals surface area contributed by atoms with E-state index in [1.54, 1.807) is 6.20 Å². The number of amides is 1. The van der Waals surface area contributed by atoms with Gasteiger partial charge in [-0.3, -0.25) is 14.7 Å². The standard InChI is InChI=1S/C20H28N4O/c21-16-19(17-6-2-1-3-7-17)23-12-14-24(15-13-23)20(25)10-9-18-8-4-5-11-22-18/h4-5,8,11,17,19H,1-3,6-7,9-10,12-15H2/t19-/m0/s1. The van der Waals surface area contributed by atoms with Gasteiger partial charge in [0, 0.05) is 44.5 Å². The van der Waals surface area contributed by atoms with Crippen molar-refractivity contribution in [3.8, 4) is 6.07 Å². The zero-order chi connectivity index (χ0) is 17.5. The van der Waals surface area contributed by atoms with Crippen molar-refractivity contribution in [3.63, 3.8) is 0 Å². The van der Waals surface area contributed by atoms with Gasteiger partial charge in [-0.05, 0) is 37.3 Å². The van der Waals surface area contributed by atoms with Gasteiger partial charge in [0.25, 0.3) is 0 Å². The number of carbonyl (C=O) groups is 1. The van der Waals surface area contributed by atoms with Gasteiger partial charge < -0.3 is 4.90 Å². The Morgan fingerprint density at radius 1 is 1.20 bits per heavy atom. The van der Waals surface area contributed by atoms with Crippen LogP contribution in [0.3, 0.4) is 0 Å². The molecule has 0 spiro atoms. The molecule has 1 atom stereocenters. The Morgan fingerprint density at radius 3 is 2.60 bits per heavy atom. The average molecular weight is 340 g/mol. The number of carbonyl (C=O) groups excluding carboxylic acids is 1. The molecule has 1 saturated heterocycles. The van der Waals surface area contributed by atoms with E-state index in [4.69, 9.17) is 0 Å². The molecule has 1 saturated carbocycles. The maximum atomic E-state index is 12.4. The molecule has 0 radical (unpaired) electrons. The van der Waals surface area contributed by atoms with Crippen molar-refractivity contribution in [2.75, 3.05) is 26.2 Å². The minimum absolute atomic E-state index is 0.0334. The maximum absolute atomic E-state index is 12.4. The van der Waals surface area contributed by atoms with Crippen molar-refractivity contribution in [1.29, 1.82) is 5.26 Å². The van der Waals surface area contributed by atoms with Crippen LogP contribution in [0.1, 0.15) is 44.2 Å². The second kappa shape index (κ2) is 8.96. The number of hydrogen-bond donors (Lipinski definition) is 0. The van der Waals surface area contributed by atoms with Crippen LogP contribution >= 0.6 is 0 Å². The number of nitrogens with zero attached hydrogens (tertiary/aromatic N) is 4. The number of aromatic nitrogens is 1. The fourth-order valence-corrected chi connectivity index (χ4v) is 4.12. The highest BCUT2D eigenvalue weighted by Crippen LogP contribution is 2.29. The Hall–Kier alpha value is -1.93. The van der Waals surface area contributed by atoms with E-state index >= 15 is 0 Å². The van der Waals surface area contributed by atoms with Gasteiger partial charge in [0.2, 0.25) is 5.91 Å². The van der Waals surface area contributed by atoms with Gasteiger partial charge in [0.05, 0.1) is 6.07 Å². The van der Waals surface area contributed by atoms with Crippen LogP contribution < -0.4 is 0 Å². The summed E-state index contributed by atoms with van der Waals surface area (Å²) in [5.74, 6) is 0.724. The van der Waals surface area contributed by atoms with Gasteiger partial charge in [-0.2, -0.15) is 5.26 Å². The van der Waals surface area contributed by atoms with Gasteiger partial charge in [-0.1, -0.05) is 25.3 Å². The smallest absolute Gasteiger partial charge is 0.223 e. The van der Waals surface area contributed by atoms with Crippen LogP contribution in [0.4, 0.5) is 0 Å². The van der Waals surface area contributed by atoms with Crippen molar-refractivity contribution in [1.82, 2.24) is 14.8 Å². The second-order valence-electron chi connectivity index (χ2n) is 7.21. The zero-order valence-corrected chi connectivity index (χ0v) is 14.9. The molecular formula is C20H28N4O. The Balaban J connectivity index is 1.46. The first kappa shape index (κ1) is 17.9. The normalized spacial score (nSPS) is 20.8. The fraction of sp³-hybridized carbons (Fsp3) is 0.650. The Labute approximate surface area is 150 Å². The summed E-state index contributed by atoms with van der Waals surface area (Å²) >= 11 is 0. The molecule has 1 aliphatic carbocycles. The number of piperazine rings is 1. The minimum Gasteiger partial charge on any atom is -0.340 e. The van der Waals surface area contributed by atoms with Gasteiger partial charge in [-0.15, -0.1) is 0 Å². The summed E-state index contributed by atoms with van der Waals surface area (Å²) in [5.41, 5.74) is 0.969. The van der Waals surface area contributed by atoms with E-state index in [1.165, 1.54) is 32.1 Å². The van der Waals surface area contributed by atoms with E-state index < -0.39 is 0 Å². The molecule has 0 aromatic carbocycles. The third-order valence-electron chi connectivity index (χ3n) is 5.61. The quantitative estimate of drug-likeness (QED) is 0.827. The first-order valence-electron chi connectivity index (χ1n) is 9.59. The highest BCUT2D eigenvalue weighted by Gasteiger charge is 2.31. The van der Waals surface area contributed by atoms with E-state index in [0.29, 0.717) is 18.8 Å². The molecule has 1 aliphatic heterocycles. The average Bonchev–Trinajstić information content (AvgIpc) is 2.69. The third-order valence-corrected chi connectivity index (χ3v) is 5.61. The predicted molar refractivity (Wildman–Crippen MR) is 96.7 cm³/mol. The molecular weight excluding hydrogens is 312 g/mol.